The number of hydrogen-bond acceptors (Lipinski definition) is 2. The SMILES string of the molecule is Nc1cccc2c1CN(c1c(F)cccc1F)C2=O. The van der Waals surface area contributed by atoms with E-state index in [0.29, 0.717) is 16.8 Å². The van der Waals surface area contributed by atoms with Gasteiger partial charge < -0.3 is 5.73 Å². The summed E-state index contributed by atoms with van der Waals surface area (Å²) < 4.78 is 27.5. The van der Waals surface area contributed by atoms with Crippen molar-refractivity contribution in [3.8, 4) is 0 Å². The Morgan fingerprint density at radius 2 is 1.68 bits per heavy atom. The van der Waals surface area contributed by atoms with E-state index in [9.17, 15) is 13.6 Å². The highest BCUT2D eigenvalue weighted by atomic mass is 19.1. The molecule has 5 heteroatoms. The van der Waals surface area contributed by atoms with Crippen molar-refractivity contribution >= 4 is 17.3 Å². The molecule has 0 fully saturated rings. The van der Waals surface area contributed by atoms with Crippen molar-refractivity contribution in [3.05, 3.63) is 59.2 Å². The summed E-state index contributed by atoms with van der Waals surface area (Å²) >= 11 is 0. The molecule has 0 unspecified atom stereocenters. The van der Waals surface area contributed by atoms with Crippen molar-refractivity contribution in [2.45, 2.75) is 6.54 Å². The minimum absolute atomic E-state index is 0.0820. The first-order chi connectivity index (χ1) is 9.09. The molecule has 96 valence electrons. The largest absolute Gasteiger partial charge is 0.398 e. The Kier molecular flexibility index (Phi) is 2.48. The van der Waals surface area contributed by atoms with E-state index in [-0.39, 0.29) is 12.2 Å². The van der Waals surface area contributed by atoms with Gasteiger partial charge in [-0.1, -0.05) is 12.1 Å². The lowest BCUT2D eigenvalue weighted by Gasteiger charge is -2.17. The van der Waals surface area contributed by atoms with Gasteiger partial charge in [0.25, 0.3) is 5.91 Å². The average molecular weight is 260 g/mol. The van der Waals surface area contributed by atoms with Gasteiger partial charge in [0.05, 0.1) is 6.54 Å². The molecule has 2 aromatic carbocycles. The van der Waals surface area contributed by atoms with E-state index >= 15 is 0 Å². The number of benzene rings is 2. The first-order valence-corrected chi connectivity index (χ1v) is 5.73. The van der Waals surface area contributed by atoms with Crippen LogP contribution in [-0.4, -0.2) is 5.91 Å². The molecular weight excluding hydrogens is 250 g/mol. The number of nitrogens with two attached hydrogens (primary N) is 1. The third-order valence-corrected chi connectivity index (χ3v) is 3.21. The zero-order valence-corrected chi connectivity index (χ0v) is 9.86. The minimum Gasteiger partial charge on any atom is -0.398 e. The quantitative estimate of drug-likeness (QED) is 0.801. The lowest BCUT2D eigenvalue weighted by molar-refractivity contribution is 0.0995. The molecule has 0 spiro atoms. The van der Waals surface area contributed by atoms with Crippen LogP contribution in [0.3, 0.4) is 0 Å². The lowest BCUT2D eigenvalue weighted by atomic mass is 10.1. The van der Waals surface area contributed by atoms with Crippen LogP contribution in [0.15, 0.2) is 36.4 Å². The second-order valence-corrected chi connectivity index (χ2v) is 4.33. The molecule has 1 aliphatic heterocycles. The highest BCUT2D eigenvalue weighted by Crippen LogP contribution is 2.34. The number of nitrogens with zero attached hydrogens (tertiary/aromatic N) is 1. The molecule has 1 heterocycles. The predicted molar refractivity (Wildman–Crippen MR) is 67.7 cm³/mol. The van der Waals surface area contributed by atoms with Crippen LogP contribution in [0, 0.1) is 11.6 Å². The van der Waals surface area contributed by atoms with Crippen LogP contribution in [0.1, 0.15) is 15.9 Å². The summed E-state index contributed by atoms with van der Waals surface area (Å²) in [6, 6.07) is 8.42. The van der Waals surface area contributed by atoms with Crippen LogP contribution in [0.5, 0.6) is 0 Å². The van der Waals surface area contributed by atoms with Crippen molar-refractivity contribution in [1.82, 2.24) is 0 Å². The molecule has 0 saturated heterocycles. The second-order valence-electron chi connectivity index (χ2n) is 4.33. The Morgan fingerprint density at radius 3 is 2.32 bits per heavy atom. The van der Waals surface area contributed by atoms with Crippen LogP contribution < -0.4 is 10.6 Å². The van der Waals surface area contributed by atoms with Gasteiger partial charge in [-0.25, -0.2) is 8.78 Å². The fraction of sp³-hybridized carbons (Fsp3) is 0.0714. The molecule has 1 aliphatic rings. The Labute approximate surface area is 108 Å². The number of para-hydroxylation sites is 1. The van der Waals surface area contributed by atoms with Gasteiger partial charge in [0.15, 0.2) is 0 Å². The van der Waals surface area contributed by atoms with Crippen LogP contribution in [0.4, 0.5) is 20.2 Å². The summed E-state index contributed by atoms with van der Waals surface area (Å²) in [6.45, 7) is 0.0820. The van der Waals surface area contributed by atoms with Crippen molar-refractivity contribution in [1.29, 1.82) is 0 Å². The zero-order chi connectivity index (χ0) is 13.6. The molecule has 0 aromatic heterocycles. The fourth-order valence-corrected chi connectivity index (χ4v) is 2.28. The normalized spacial score (nSPS) is 13.8. The number of fused-ring (bicyclic) bond motifs is 1. The Balaban J connectivity index is 2.12. The molecule has 0 radical (unpaired) electrons. The molecule has 19 heavy (non-hydrogen) atoms. The van der Waals surface area contributed by atoms with E-state index in [1.165, 1.54) is 6.07 Å². The van der Waals surface area contributed by atoms with Gasteiger partial charge in [0.1, 0.15) is 17.3 Å². The summed E-state index contributed by atoms with van der Waals surface area (Å²) in [5, 5.41) is 0. The number of nitrogen functional groups attached to an aromatic ring is 1. The third kappa shape index (κ3) is 1.66. The Bertz CT molecular complexity index is 665. The number of rotatable bonds is 1. The summed E-state index contributed by atoms with van der Waals surface area (Å²) in [6.07, 6.45) is 0. The zero-order valence-electron chi connectivity index (χ0n) is 9.86. The topological polar surface area (TPSA) is 46.3 Å². The Morgan fingerprint density at radius 1 is 1.05 bits per heavy atom. The summed E-state index contributed by atoms with van der Waals surface area (Å²) in [5.74, 6) is -1.97. The van der Waals surface area contributed by atoms with Crippen LogP contribution >= 0.6 is 0 Å². The van der Waals surface area contributed by atoms with Gasteiger partial charge in [-0.3, -0.25) is 9.69 Å². The first-order valence-electron chi connectivity index (χ1n) is 5.73. The molecule has 0 atom stereocenters. The number of halogens is 2. The van der Waals surface area contributed by atoms with E-state index in [0.717, 1.165) is 17.0 Å². The van der Waals surface area contributed by atoms with Crippen molar-refractivity contribution in [2.24, 2.45) is 0 Å². The molecule has 0 aliphatic carbocycles. The third-order valence-electron chi connectivity index (χ3n) is 3.21. The number of carbonyl (C=O) groups excluding carboxylic acids is 1. The van der Waals surface area contributed by atoms with Crippen LogP contribution in [-0.2, 0) is 6.54 Å². The first kappa shape index (κ1) is 11.6. The maximum atomic E-state index is 13.7. The summed E-state index contributed by atoms with van der Waals surface area (Å²) in [5.41, 5.74) is 6.90. The number of anilines is 2. The maximum absolute atomic E-state index is 13.7. The Hall–Kier alpha value is -2.43. The standard InChI is InChI=1S/C14H10F2N2O/c15-10-4-2-5-11(16)13(10)18-7-9-8(14(18)19)3-1-6-12(9)17/h1-6H,7,17H2. The highest BCUT2D eigenvalue weighted by Gasteiger charge is 2.32. The molecule has 2 aromatic rings. The lowest BCUT2D eigenvalue weighted by Crippen LogP contribution is -2.25. The smallest absolute Gasteiger partial charge is 0.259 e. The number of hydrogen-bond donors (Lipinski definition) is 1. The molecule has 1 amide bonds. The second kappa shape index (κ2) is 4.05. The number of carbonyl (C=O) groups is 1. The van der Waals surface area contributed by atoms with Crippen molar-refractivity contribution in [3.63, 3.8) is 0 Å². The van der Waals surface area contributed by atoms with E-state index in [1.807, 2.05) is 0 Å². The van der Waals surface area contributed by atoms with E-state index in [1.54, 1.807) is 18.2 Å². The van der Waals surface area contributed by atoms with Gasteiger partial charge in [-0.05, 0) is 24.3 Å². The van der Waals surface area contributed by atoms with Gasteiger partial charge in [-0.15, -0.1) is 0 Å². The van der Waals surface area contributed by atoms with Gasteiger partial charge >= 0.3 is 0 Å². The van der Waals surface area contributed by atoms with E-state index < -0.39 is 17.5 Å². The molecule has 0 bridgehead atoms. The maximum Gasteiger partial charge on any atom is 0.259 e. The predicted octanol–water partition coefficient (Wildman–Crippen LogP) is 2.71. The van der Waals surface area contributed by atoms with E-state index in [4.69, 9.17) is 5.73 Å². The highest BCUT2D eigenvalue weighted by molar-refractivity contribution is 6.11. The average Bonchev–Trinajstić information content (AvgIpc) is 2.69. The molecule has 3 rings (SSSR count). The van der Waals surface area contributed by atoms with Crippen LogP contribution in [0.25, 0.3) is 0 Å². The molecule has 2 N–H and O–H groups in total. The molecule has 0 saturated carbocycles. The monoisotopic (exact) mass is 260 g/mol. The fourth-order valence-electron chi connectivity index (χ4n) is 2.28. The molecular formula is C14H10F2N2O. The van der Waals surface area contributed by atoms with Gasteiger partial charge in [-0.2, -0.15) is 0 Å². The summed E-state index contributed by atoms with van der Waals surface area (Å²) in [4.78, 5) is 13.3. The van der Waals surface area contributed by atoms with Crippen molar-refractivity contribution in [2.75, 3.05) is 10.6 Å². The van der Waals surface area contributed by atoms with Gasteiger partial charge in [0.2, 0.25) is 0 Å². The minimum atomic E-state index is -0.764. The van der Waals surface area contributed by atoms with E-state index in [2.05, 4.69) is 0 Å². The van der Waals surface area contributed by atoms with Crippen molar-refractivity contribution < 1.29 is 13.6 Å². The summed E-state index contributed by atoms with van der Waals surface area (Å²) in [7, 11) is 0. The molecule has 3 nitrogen and oxygen atoms in total. The van der Waals surface area contributed by atoms with Gasteiger partial charge in [0, 0.05) is 16.8 Å². The number of amides is 1. The van der Waals surface area contributed by atoms with Crippen LogP contribution in [0.2, 0.25) is 0 Å².